The lowest BCUT2D eigenvalue weighted by Gasteiger charge is -2.39. The highest BCUT2D eigenvalue weighted by Gasteiger charge is 2.44. The topological polar surface area (TPSA) is 110 Å². The average molecular weight is 378 g/mol. The standard InChI is InChI=1S/C19H26N2O6/c1-18(2,3)14-7-6-13(10-15(14)21(25)26)16(22)20-9-5-8-19(11-20,12-27-4)17(23)24/h6-7,10H,5,8-9,11-12H2,1-4H3,(H,23,24). The Balaban J connectivity index is 2.36. The molecule has 0 saturated carbocycles. The van der Waals surface area contributed by atoms with E-state index >= 15 is 0 Å². The van der Waals surface area contributed by atoms with Crippen molar-refractivity contribution in [3.05, 3.63) is 39.4 Å². The van der Waals surface area contributed by atoms with Gasteiger partial charge in [0.2, 0.25) is 0 Å². The first-order valence-electron chi connectivity index (χ1n) is 8.82. The number of carbonyl (C=O) groups excluding carboxylic acids is 1. The van der Waals surface area contributed by atoms with Gasteiger partial charge >= 0.3 is 5.97 Å². The number of piperidine rings is 1. The van der Waals surface area contributed by atoms with Crippen molar-refractivity contribution in [2.45, 2.75) is 39.0 Å². The van der Waals surface area contributed by atoms with Gasteiger partial charge in [0, 0.05) is 37.4 Å². The van der Waals surface area contributed by atoms with E-state index in [1.165, 1.54) is 18.1 Å². The summed E-state index contributed by atoms with van der Waals surface area (Å²) in [5, 5.41) is 21.1. The maximum atomic E-state index is 12.9. The maximum Gasteiger partial charge on any atom is 0.313 e. The Labute approximate surface area is 158 Å². The van der Waals surface area contributed by atoms with Gasteiger partial charge < -0.3 is 14.7 Å². The van der Waals surface area contributed by atoms with Crippen molar-refractivity contribution in [3.63, 3.8) is 0 Å². The van der Waals surface area contributed by atoms with Crippen LogP contribution < -0.4 is 0 Å². The molecule has 1 unspecified atom stereocenters. The van der Waals surface area contributed by atoms with Crippen LogP contribution in [0.2, 0.25) is 0 Å². The van der Waals surface area contributed by atoms with E-state index in [9.17, 15) is 24.8 Å². The highest BCUT2D eigenvalue weighted by Crippen LogP contribution is 2.34. The van der Waals surface area contributed by atoms with Gasteiger partial charge in [-0.1, -0.05) is 26.8 Å². The molecule has 1 saturated heterocycles. The number of nitro groups is 1. The number of carboxylic acids is 1. The summed E-state index contributed by atoms with van der Waals surface area (Å²) in [7, 11) is 1.43. The molecule has 0 radical (unpaired) electrons. The predicted octanol–water partition coefficient (Wildman–Crippen LogP) is 2.85. The number of benzene rings is 1. The van der Waals surface area contributed by atoms with E-state index in [0.717, 1.165) is 0 Å². The molecule has 8 nitrogen and oxygen atoms in total. The number of amides is 1. The molecule has 0 bridgehead atoms. The van der Waals surface area contributed by atoms with Crippen molar-refractivity contribution in [3.8, 4) is 0 Å². The molecule has 148 valence electrons. The van der Waals surface area contributed by atoms with Crippen LogP contribution in [-0.4, -0.2) is 53.6 Å². The lowest BCUT2D eigenvalue weighted by Crippen LogP contribution is -2.52. The van der Waals surface area contributed by atoms with Gasteiger partial charge in [-0.2, -0.15) is 0 Å². The monoisotopic (exact) mass is 378 g/mol. The average Bonchev–Trinajstić information content (AvgIpc) is 2.60. The fourth-order valence-corrected chi connectivity index (χ4v) is 3.57. The summed E-state index contributed by atoms with van der Waals surface area (Å²) in [6, 6.07) is 4.47. The molecular formula is C19H26N2O6. The van der Waals surface area contributed by atoms with Crippen LogP contribution in [0.15, 0.2) is 18.2 Å². The first-order valence-corrected chi connectivity index (χ1v) is 8.82. The second-order valence-electron chi connectivity index (χ2n) is 8.09. The normalized spacial score (nSPS) is 20.4. The zero-order valence-electron chi connectivity index (χ0n) is 16.2. The predicted molar refractivity (Wildman–Crippen MR) is 98.9 cm³/mol. The number of carbonyl (C=O) groups is 2. The summed E-state index contributed by atoms with van der Waals surface area (Å²) in [5.41, 5.74) is -0.964. The fraction of sp³-hybridized carbons (Fsp3) is 0.579. The molecule has 1 N–H and O–H groups in total. The smallest absolute Gasteiger partial charge is 0.313 e. The first-order chi connectivity index (χ1) is 12.5. The Bertz CT molecular complexity index is 751. The summed E-state index contributed by atoms with van der Waals surface area (Å²) in [4.78, 5) is 37.1. The number of likely N-dealkylation sites (tertiary alicyclic amines) is 1. The number of nitro benzene ring substituents is 1. The number of methoxy groups -OCH3 is 1. The molecule has 2 rings (SSSR count). The molecule has 1 aromatic carbocycles. The second-order valence-corrected chi connectivity index (χ2v) is 8.09. The lowest BCUT2D eigenvalue weighted by molar-refractivity contribution is -0.386. The van der Waals surface area contributed by atoms with Gasteiger partial charge in [-0.25, -0.2) is 0 Å². The van der Waals surface area contributed by atoms with Crippen LogP contribution in [0.5, 0.6) is 0 Å². The van der Waals surface area contributed by atoms with Crippen molar-refractivity contribution in [2.75, 3.05) is 26.8 Å². The molecule has 0 aliphatic carbocycles. The maximum absolute atomic E-state index is 12.9. The quantitative estimate of drug-likeness (QED) is 0.623. The van der Waals surface area contributed by atoms with Gasteiger partial charge in [-0.05, 0) is 24.3 Å². The largest absolute Gasteiger partial charge is 0.481 e. The van der Waals surface area contributed by atoms with Crippen molar-refractivity contribution < 1.29 is 24.4 Å². The third-order valence-electron chi connectivity index (χ3n) is 4.99. The fourth-order valence-electron chi connectivity index (χ4n) is 3.57. The Hall–Kier alpha value is -2.48. The van der Waals surface area contributed by atoms with E-state index in [0.29, 0.717) is 24.9 Å². The zero-order valence-corrected chi connectivity index (χ0v) is 16.2. The van der Waals surface area contributed by atoms with E-state index in [2.05, 4.69) is 0 Å². The SMILES string of the molecule is COCC1(C(=O)O)CCCN(C(=O)c2ccc(C(C)(C)C)c([N+](=O)[O-])c2)C1. The van der Waals surface area contributed by atoms with Gasteiger partial charge in [0.05, 0.1) is 11.5 Å². The van der Waals surface area contributed by atoms with Crippen LogP contribution in [0.1, 0.15) is 49.5 Å². The molecular weight excluding hydrogens is 352 g/mol. The van der Waals surface area contributed by atoms with Crippen molar-refractivity contribution in [1.82, 2.24) is 4.90 Å². The van der Waals surface area contributed by atoms with Gasteiger partial charge in [0.1, 0.15) is 5.41 Å². The zero-order chi connectivity index (χ0) is 20.4. The molecule has 1 atom stereocenters. The molecule has 0 spiro atoms. The minimum Gasteiger partial charge on any atom is -0.481 e. The third kappa shape index (κ3) is 4.27. The Morgan fingerprint density at radius 2 is 2.04 bits per heavy atom. The third-order valence-corrected chi connectivity index (χ3v) is 4.99. The molecule has 1 heterocycles. The molecule has 1 aliphatic heterocycles. The Morgan fingerprint density at radius 3 is 2.56 bits per heavy atom. The summed E-state index contributed by atoms with van der Waals surface area (Å²) in [6.45, 7) is 6.04. The van der Waals surface area contributed by atoms with E-state index in [1.54, 1.807) is 12.1 Å². The number of ether oxygens (including phenoxy) is 1. The number of aliphatic carboxylic acids is 1. The summed E-state index contributed by atoms with van der Waals surface area (Å²) in [6.07, 6.45) is 0.951. The highest BCUT2D eigenvalue weighted by molar-refractivity contribution is 5.95. The van der Waals surface area contributed by atoms with Crippen molar-refractivity contribution in [2.24, 2.45) is 5.41 Å². The highest BCUT2D eigenvalue weighted by atomic mass is 16.6. The van der Waals surface area contributed by atoms with E-state index in [-0.39, 0.29) is 24.4 Å². The molecule has 1 fully saturated rings. The minimum absolute atomic E-state index is 0.00915. The number of hydrogen-bond donors (Lipinski definition) is 1. The number of hydrogen-bond acceptors (Lipinski definition) is 5. The van der Waals surface area contributed by atoms with Gasteiger partial charge in [-0.15, -0.1) is 0 Å². The molecule has 1 amide bonds. The van der Waals surface area contributed by atoms with Crippen LogP contribution in [0, 0.1) is 15.5 Å². The van der Waals surface area contributed by atoms with Crippen LogP contribution in [-0.2, 0) is 14.9 Å². The van der Waals surface area contributed by atoms with Crippen LogP contribution in [0.25, 0.3) is 0 Å². The van der Waals surface area contributed by atoms with E-state index in [4.69, 9.17) is 4.74 Å². The Kier molecular flexibility index (Phi) is 5.89. The first kappa shape index (κ1) is 20.8. The molecule has 8 heteroatoms. The molecule has 1 aromatic rings. The minimum atomic E-state index is -1.15. The van der Waals surface area contributed by atoms with Crippen LogP contribution in [0.3, 0.4) is 0 Å². The van der Waals surface area contributed by atoms with E-state index in [1.807, 2.05) is 20.8 Å². The van der Waals surface area contributed by atoms with E-state index < -0.39 is 27.6 Å². The summed E-state index contributed by atoms with van der Waals surface area (Å²) in [5.74, 6) is -1.41. The Morgan fingerprint density at radius 1 is 1.37 bits per heavy atom. The molecule has 1 aliphatic rings. The summed E-state index contributed by atoms with van der Waals surface area (Å²) >= 11 is 0. The second kappa shape index (κ2) is 7.64. The van der Waals surface area contributed by atoms with Crippen molar-refractivity contribution >= 4 is 17.6 Å². The van der Waals surface area contributed by atoms with Gasteiger partial charge in [-0.3, -0.25) is 19.7 Å². The number of rotatable bonds is 5. The summed E-state index contributed by atoms with van der Waals surface area (Å²) < 4.78 is 5.08. The number of carboxylic acid groups (broad SMARTS) is 1. The lowest BCUT2D eigenvalue weighted by atomic mass is 9.80. The molecule has 27 heavy (non-hydrogen) atoms. The van der Waals surface area contributed by atoms with Crippen LogP contribution in [0.4, 0.5) is 5.69 Å². The van der Waals surface area contributed by atoms with Gasteiger partial charge in [0.15, 0.2) is 0 Å². The molecule has 0 aromatic heterocycles. The van der Waals surface area contributed by atoms with Gasteiger partial charge in [0.25, 0.3) is 11.6 Å². The number of nitrogens with zero attached hydrogens (tertiary/aromatic N) is 2. The van der Waals surface area contributed by atoms with Crippen LogP contribution >= 0.6 is 0 Å². The van der Waals surface area contributed by atoms with Crippen molar-refractivity contribution in [1.29, 1.82) is 0 Å².